The molecule has 1 aromatic heterocycles. The molecule has 0 N–H and O–H groups in total. The number of fused-ring (bicyclic) bond motifs is 1. The van der Waals surface area contributed by atoms with Crippen LogP contribution in [0.4, 0.5) is 0 Å². The van der Waals surface area contributed by atoms with Crippen molar-refractivity contribution in [3.8, 4) is 5.88 Å². The lowest BCUT2D eigenvalue weighted by molar-refractivity contribution is -0.138. The van der Waals surface area contributed by atoms with Crippen LogP contribution in [0, 0.1) is 0 Å². The van der Waals surface area contributed by atoms with Gasteiger partial charge in [0.25, 0.3) is 6.47 Å². The van der Waals surface area contributed by atoms with Gasteiger partial charge >= 0.3 is 0 Å². The second kappa shape index (κ2) is 6.64. The third-order valence-electron chi connectivity index (χ3n) is 3.48. The molecule has 2 saturated heterocycles. The molecule has 23 heavy (non-hydrogen) atoms. The van der Waals surface area contributed by atoms with E-state index in [1.165, 1.54) is 6.20 Å². The van der Waals surface area contributed by atoms with Crippen LogP contribution in [-0.4, -0.2) is 60.3 Å². The van der Waals surface area contributed by atoms with Crippen LogP contribution in [0.1, 0.15) is 31.1 Å². The van der Waals surface area contributed by atoms with Gasteiger partial charge in [-0.1, -0.05) is 0 Å². The molecule has 7 nitrogen and oxygen atoms in total. The van der Waals surface area contributed by atoms with E-state index in [1.807, 2.05) is 25.7 Å². The topological polar surface area (TPSA) is 77.7 Å². The SMILES string of the molecule is CC(C)(C)OC=O.COc1ccc(C(=O)C23CN2CCO3)cn1. The predicted molar refractivity (Wildman–Crippen MR) is 82.3 cm³/mol. The molecule has 0 aromatic carbocycles. The minimum atomic E-state index is -0.670. The molecule has 2 fully saturated rings. The Bertz CT molecular complexity index is 567. The van der Waals surface area contributed by atoms with Gasteiger partial charge in [0, 0.05) is 24.4 Å². The van der Waals surface area contributed by atoms with Crippen LogP contribution in [0.15, 0.2) is 18.3 Å². The number of hydrogen-bond acceptors (Lipinski definition) is 7. The van der Waals surface area contributed by atoms with Crippen LogP contribution in [-0.2, 0) is 14.3 Å². The van der Waals surface area contributed by atoms with E-state index in [0.29, 0.717) is 31.1 Å². The monoisotopic (exact) mass is 322 g/mol. The zero-order valence-electron chi connectivity index (χ0n) is 13.9. The van der Waals surface area contributed by atoms with Gasteiger partial charge in [-0.3, -0.25) is 14.5 Å². The average Bonchev–Trinajstić information content (AvgIpc) is 3.08. The van der Waals surface area contributed by atoms with Gasteiger partial charge in [-0.05, 0) is 26.8 Å². The minimum Gasteiger partial charge on any atom is -0.481 e. The molecule has 0 saturated carbocycles. The first-order chi connectivity index (χ1) is 10.8. The van der Waals surface area contributed by atoms with Crippen molar-refractivity contribution in [2.75, 3.05) is 26.8 Å². The van der Waals surface area contributed by atoms with Gasteiger partial charge in [-0.2, -0.15) is 0 Å². The number of aromatic nitrogens is 1. The van der Waals surface area contributed by atoms with E-state index in [4.69, 9.17) is 9.47 Å². The molecule has 0 aliphatic carbocycles. The largest absolute Gasteiger partial charge is 0.481 e. The van der Waals surface area contributed by atoms with E-state index >= 15 is 0 Å². The first kappa shape index (κ1) is 17.4. The maximum absolute atomic E-state index is 12.2. The van der Waals surface area contributed by atoms with Gasteiger partial charge in [-0.25, -0.2) is 4.98 Å². The first-order valence-corrected chi connectivity index (χ1v) is 7.38. The fraction of sp³-hybridized carbons (Fsp3) is 0.562. The molecule has 0 bridgehead atoms. The lowest BCUT2D eigenvalue weighted by Gasteiger charge is -2.14. The molecule has 2 aliphatic heterocycles. The maximum atomic E-state index is 12.2. The summed E-state index contributed by atoms with van der Waals surface area (Å²) in [6.07, 6.45) is 1.54. The number of methoxy groups -OCH3 is 1. The molecule has 2 unspecified atom stereocenters. The number of ketones is 1. The number of rotatable bonds is 4. The number of morpholine rings is 1. The van der Waals surface area contributed by atoms with Crippen molar-refractivity contribution in [1.82, 2.24) is 9.88 Å². The molecule has 7 heteroatoms. The van der Waals surface area contributed by atoms with Crippen LogP contribution in [0.2, 0.25) is 0 Å². The maximum Gasteiger partial charge on any atom is 0.293 e. The average molecular weight is 322 g/mol. The van der Waals surface area contributed by atoms with E-state index in [1.54, 1.807) is 19.2 Å². The Balaban J connectivity index is 0.000000236. The summed E-state index contributed by atoms with van der Waals surface area (Å²) >= 11 is 0. The Labute approximate surface area is 135 Å². The predicted octanol–water partition coefficient (Wildman–Crippen LogP) is 1.27. The second-order valence-electron chi connectivity index (χ2n) is 6.30. The molecule has 126 valence electrons. The number of carbonyl (C=O) groups is 2. The summed E-state index contributed by atoms with van der Waals surface area (Å²) in [7, 11) is 1.55. The Kier molecular flexibility index (Phi) is 5.01. The van der Waals surface area contributed by atoms with Crippen molar-refractivity contribution in [1.29, 1.82) is 0 Å². The van der Waals surface area contributed by atoms with Gasteiger partial charge < -0.3 is 14.2 Å². The molecular weight excluding hydrogens is 300 g/mol. The van der Waals surface area contributed by atoms with Gasteiger partial charge in [0.15, 0.2) is 5.72 Å². The van der Waals surface area contributed by atoms with E-state index in [2.05, 4.69) is 9.72 Å². The second-order valence-corrected chi connectivity index (χ2v) is 6.30. The van der Waals surface area contributed by atoms with Gasteiger partial charge in [0.1, 0.15) is 5.60 Å². The molecule has 0 radical (unpaired) electrons. The summed E-state index contributed by atoms with van der Waals surface area (Å²) in [6, 6.07) is 3.41. The van der Waals surface area contributed by atoms with Crippen LogP contribution in [0.25, 0.3) is 0 Å². The highest BCUT2D eigenvalue weighted by Crippen LogP contribution is 2.40. The number of hydrogen-bond donors (Lipinski definition) is 0. The van der Waals surface area contributed by atoms with Crippen LogP contribution < -0.4 is 4.74 Å². The summed E-state index contributed by atoms with van der Waals surface area (Å²) in [4.78, 5) is 27.8. The number of carbonyl (C=O) groups excluding carboxylic acids is 2. The molecule has 3 rings (SSSR count). The van der Waals surface area contributed by atoms with Crippen molar-refractivity contribution in [2.45, 2.75) is 32.1 Å². The molecular formula is C16H22N2O5. The molecule has 3 heterocycles. The highest BCUT2D eigenvalue weighted by atomic mass is 16.6. The van der Waals surface area contributed by atoms with E-state index < -0.39 is 5.72 Å². The Morgan fingerprint density at radius 3 is 2.52 bits per heavy atom. The summed E-state index contributed by atoms with van der Waals surface area (Å²) in [5.41, 5.74) is -0.414. The van der Waals surface area contributed by atoms with Gasteiger partial charge in [0.2, 0.25) is 11.7 Å². The van der Waals surface area contributed by atoms with Crippen molar-refractivity contribution in [3.63, 3.8) is 0 Å². The third-order valence-corrected chi connectivity index (χ3v) is 3.48. The Hall–Kier alpha value is -1.99. The van der Waals surface area contributed by atoms with Crippen molar-refractivity contribution < 1.29 is 23.8 Å². The minimum absolute atomic E-state index is 0.000142. The molecule has 0 amide bonds. The highest BCUT2D eigenvalue weighted by molar-refractivity contribution is 6.04. The molecule has 2 atom stereocenters. The van der Waals surface area contributed by atoms with Crippen molar-refractivity contribution in [2.24, 2.45) is 0 Å². The Morgan fingerprint density at radius 1 is 1.43 bits per heavy atom. The highest BCUT2D eigenvalue weighted by Gasteiger charge is 2.62. The molecule has 1 aromatic rings. The molecule has 0 spiro atoms. The van der Waals surface area contributed by atoms with Crippen molar-refractivity contribution >= 4 is 12.3 Å². The van der Waals surface area contributed by atoms with Crippen LogP contribution in [0.3, 0.4) is 0 Å². The number of pyridine rings is 1. The quantitative estimate of drug-likeness (QED) is 0.469. The summed E-state index contributed by atoms with van der Waals surface area (Å²) < 4.78 is 15.0. The standard InChI is InChI=1S/C11H12N2O3.C5H10O2/c1-15-9-3-2-8(6-12-9)10(14)11-7-13(11)4-5-16-11;1-5(2,3)7-4-6/h2-3,6H,4-5,7H2,1H3;4H,1-3H3. The molecule has 2 aliphatic rings. The lowest BCUT2D eigenvalue weighted by Crippen LogP contribution is -2.28. The number of ether oxygens (including phenoxy) is 3. The van der Waals surface area contributed by atoms with E-state index in [-0.39, 0.29) is 11.4 Å². The summed E-state index contributed by atoms with van der Waals surface area (Å²) in [5, 5.41) is 0. The fourth-order valence-electron chi connectivity index (χ4n) is 2.23. The smallest absolute Gasteiger partial charge is 0.293 e. The Morgan fingerprint density at radius 2 is 2.17 bits per heavy atom. The summed E-state index contributed by atoms with van der Waals surface area (Å²) in [6.45, 7) is 8.10. The van der Waals surface area contributed by atoms with Crippen molar-refractivity contribution in [3.05, 3.63) is 23.9 Å². The zero-order chi connectivity index (χ0) is 17.1. The third kappa shape index (κ3) is 4.05. The van der Waals surface area contributed by atoms with Crippen LogP contribution in [0.5, 0.6) is 5.88 Å². The number of Topliss-reactive ketones (excluding diaryl/α,β-unsaturated/α-hetero) is 1. The fourth-order valence-corrected chi connectivity index (χ4v) is 2.23. The number of nitrogens with zero attached hydrogens (tertiary/aromatic N) is 2. The zero-order valence-corrected chi connectivity index (χ0v) is 13.9. The van der Waals surface area contributed by atoms with Crippen LogP contribution >= 0.6 is 0 Å². The van der Waals surface area contributed by atoms with E-state index in [0.717, 1.165) is 6.54 Å². The normalized spacial score (nSPS) is 24.8. The van der Waals surface area contributed by atoms with Gasteiger partial charge in [0.05, 0.1) is 20.3 Å². The lowest BCUT2D eigenvalue weighted by atomic mass is 10.1. The first-order valence-electron chi connectivity index (χ1n) is 7.38. The summed E-state index contributed by atoms with van der Waals surface area (Å²) in [5.74, 6) is 0.509. The van der Waals surface area contributed by atoms with Gasteiger partial charge in [-0.15, -0.1) is 0 Å². The van der Waals surface area contributed by atoms with E-state index in [9.17, 15) is 9.59 Å².